The zero-order valence-electron chi connectivity index (χ0n) is 21.3. The maximum Gasteiger partial charge on any atom is 0.0833 e. The van der Waals surface area contributed by atoms with Gasteiger partial charge in [0.15, 0.2) is 0 Å². The monoisotopic (exact) mass is 482 g/mol. The summed E-state index contributed by atoms with van der Waals surface area (Å²) in [5.41, 5.74) is 2.48. The van der Waals surface area contributed by atoms with E-state index in [4.69, 9.17) is 23.2 Å². The number of aliphatic hydroxyl groups is 1. The second kappa shape index (κ2) is 11.2. The third-order valence-electron chi connectivity index (χ3n) is 6.54. The van der Waals surface area contributed by atoms with Gasteiger partial charge in [0.2, 0.25) is 0 Å². The van der Waals surface area contributed by atoms with Gasteiger partial charge in [0.25, 0.3) is 0 Å². The molecule has 0 spiro atoms. The molecule has 0 radical (unpaired) electrons. The lowest BCUT2D eigenvalue weighted by Gasteiger charge is -2.39. The second-order valence-corrected chi connectivity index (χ2v) is 12.7. The molecule has 0 bridgehead atoms. The molecule has 2 rings (SSSR count). The smallest absolute Gasteiger partial charge is 0.0833 e. The summed E-state index contributed by atoms with van der Waals surface area (Å²) in [6, 6.07) is 0.439. The van der Waals surface area contributed by atoms with Crippen molar-refractivity contribution in [3.8, 4) is 0 Å². The van der Waals surface area contributed by atoms with Crippen molar-refractivity contribution in [2.45, 2.75) is 74.0 Å². The molecule has 182 valence electrons. The van der Waals surface area contributed by atoms with E-state index in [9.17, 15) is 5.11 Å². The van der Waals surface area contributed by atoms with Crippen LogP contribution in [0.5, 0.6) is 0 Å². The zero-order chi connectivity index (χ0) is 24.3. The Labute approximate surface area is 206 Å². The average molecular weight is 484 g/mol. The molecule has 2 N–H and O–H groups in total. The fourth-order valence-electron chi connectivity index (χ4n) is 4.42. The molecule has 0 saturated carbocycles. The Balaban J connectivity index is 1.97. The Morgan fingerprint density at radius 1 is 1.09 bits per heavy atom. The van der Waals surface area contributed by atoms with E-state index in [0.717, 1.165) is 41.7 Å². The Hall–Kier alpha value is -0.580. The Morgan fingerprint density at radius 3 is 2.28 bits per heavy atom. The standard InChI is InChI=1S/C27H44Cl2N2O/c1-18(2)31(17-19-11-22(28)15-23(29)12-19)10-9-30-16-20-13-21(26(3,4)5)14-24(25(20)32)27(6,7)8/h11,13-15,18-19,24-25,30,32H,9-10,12,16-17H2,1-8H3. The van der Waals surface area contributed by atoms with E-state index < -0.39 is 6.10 Å². The van der Waals surface area contributed by atoms with Crippen LogP contribution in [0, 0.1) is 22.7 Å². The summed E-state index contributed by atoms with van der Waals surface area (Å²) in [5.74, 6) is 0.462. The molecule has 32 heavy (non-hydrogen) atoms. The minimum Gasteiger partial charge on any atom is -0.388 e. The van der Waals surface area contributed by atoms with Crippen molar-refractivity contribution in [2.75, 3.05) is 26.2 Å². The van der Waals surface area contributed by atoms with E-state index in [1.54, 1.807) is 0 Å². The number of halogens is 2. The van der Waals surface area contributed by atoms with Gasteiger partial charge >= 0.3 is 0 Å². The summed E-state index contributed by atoms with van der Waals surface area (Å²) in [4.78, 5) is 2.47. The van der Waals surface area contributed by atoms with Crippen LogP contribution >= 0.6 is 23.2 Å². The van der Waals surface area contributed by atoms with Crippen LogP contribution in [0.1, 0.15) is 61.8 Å². The molecule has 3 atom stereocenters. The molecule has 0 aromatic rings. The molecule has 0 aliphatic heterocycles. The molecule has 3 unspecified atom stereocenters. The predicted octanol–water partition coefficient (Wildman–Crippen LogP) is 6.49. The highest BCUT2D eigenvalue weighted by Gasteiger charge is 2.36. The third kappa shape index (κ3) is 8.02. The lowest BCUT2D eigenvalue weighted by molar-refractivity contribution is 0.0934. The van der Waals surface area contributed by atoms with E-state index in [2.05, 4.69) is 83.8 Å². The van der Waals surface area contributed by atoms with E-state index in [1.165, 1.54) is 5.57 Å². The lowest BCUT2D eigenvalue weighted by Crippen LogP contribution is -2.42. The van der Waals surface area contributed by atoms with Crippen molar-refractivity contribution < 1.29 is 5.11 Å². The number of rotatable bonds is 8. The molecule has 5 heteroatoms. The quantitative estimate of drug-likeness (QED) is 0.388. The van der Waals surface area contributed by atoms with E-state index in [1.807, 2.05) is 6.08 Å². The van der Waals surface area contributed by atoms with Gasteiger partial charge in [0.1, 0.15) is 0 Å². The van der Waals surface area contributed by atoms with Crippen LogP contribution in [0.15, 0.2) is 45.5 Å². The summed E-state index contributed by atoms with van der Waals surface area (Å²) in [6.45, 7) is 21.3. The van der Waals surface area contributed by atoms with Gasteiger partial charge < -0.3 is 10.4 Å². The van der Waals surface area contributed by atoms with Crippen LogP contribution in [0.25, 0.3) is 0 Å². The highest BCUT2D eigenvalue weighted by Crippen LogP contribution is 2.41. The maximum absolute atomic E-state index is 11.1. The molecular weight excluding hydrogens is 439 g/mol. The Bertz CT molecular complexity index is 766. The van der Waals surface area contributed by atoms with Gasteiger partial charge in [0.05, 0.1) is 6.10 Å². The molecule has 2 aliphatic rings. The first-order valence-electron chi connectivity index (χ1n) is 12.0. The molecule has 0 aromatic carbocycles. The Kier molecular flexibility index (Phi) is 9.71. The van der Waals surface area contributed by atoms with Crippen molar-refractivity contribution in [3.63, 3.8) is 0 Å². The normalized spacial score (nSPS) is 25.0. The SMILES string of the molecule is CC(C)N(CCNCC1=CC(C(C)(C)C)=CC(C(C)(C)C)C1O)CC1C=C(Cl)C=C(Cl)C1. The molecule has 3 nitrogen and oxygen atoms in total. The molecule has 0 fully saturated rings. The van der Waals surface area contributed by atoms with Crippen molar-refractivity contribution in [1.82, 2.24) is 10.2 Å². The minimum atomic E-state index is -0.446. The summed E-state index contributed by atoms with van der Waals surface area (Å²) in [7, 11) is 0. The summed E-state index contributed by atoms with van der Waals surface area (Å²) < 4.78 is 0. The van der Waals surface area contributed by atoms with E-state index in [0.29, 0.717) is 18.5 Å². The van der Waals surface area contributed by atoms with E-state index >= 15 is 0 Å². The summed E-state index contributed by atoms with van der Waals surface area (Å²) in [6.07, 6.45) is 8.87. The predicted molar refractivity (Wildman–Crippen MR) is 140 cm³/mol. The van der Waals surface area contributed by atoms with Crippen LogP contribution in [-0.2, 0) is 0 Å². The largest absolute Gasteiger partial charge is 0.388 e. The lowest BCUT2D eigenvalue weighted by atomic mass is 9.69. The van der Waals surface area contributed by atoms with Crippen LogP contribution in [-0.4, -0.2) is 48.3 Å². The number of aliphatic hydroxyl groups excluding tert-OH is 1. The van der Waals surface area contributed by atoms with Crippen LogP contribution in [0.4, 0.5) is 0 Å². The van der Waals surface area contributed by atoms with Crippen LogP contribution < -0.4 is 5.32 Å². The fraction of sp³-hybridized carbons (Fsp3) is 0.704. The molecule has 2 aliphatic carbocycles. The fourth-order valence-corrected chi connectivity index (χ4v) is 5.10. The third-order valence-corrected chi connectivity index (χ3v) is 7.04. The summed E-state index contributed by atoms with van der Waals surface area (Å²) >= 11 is 12.5. The van der Waals surface area contributed by atoms with Crippen molar-refractivity contribution in [1.29, 1.82) is 0 Å². The van der Waals surface area contributed by atoms with Gasteiger partial charge in [-0.05, 0) is 54.2 Å². The van der Waals surface area contributed by atoms with Crippen LogP contribution in [0.3, 0.4) is 0 Å². The molecule has 0 heterocycles. The highest BCUT2D eigenvalue weighted by atomic mass is 35.5. The van der Waals surface area contributed by atoms with Gasteiger partial charge in [-0.3, -0.25) is 4.90 Å². The first kappa shape index (κ1) is 27.7. The van der Waals surface area contributed by atoms with Gasteiger partial charge in [-0.15, -0.1) is 0 Å². The van der Waals surface area contributed by atoms with Gasteiger partial charge in [-0.1, -0.05) is 83.0 Å². The number of allylic oxidation sites excluding steroid dienone is 5. The first-order valence-corrected chi connectivity index (χ1v) is 12.7. The second-order valence-electron chi connectivity index (χ2n) is 11.8. The first-order chi connectivity index (χ1) is 14.7. The van der Waals surface area contributed by atoms with E-state index in [-0.39, 0.29) is 16.7 Å². The molecule has 0 amide bonds. The van der Waals surface area contributed by atoms with Gasteiger partial charge in [-0.2, -0.15) is 0 Å². The number of nitrogens with one attached hydrogen (secondary N) is 1. The average Bonchev–Trinajstić information content (AvgIpc) is 2.62. The highest BCUT2D eigenvalue weighted by molar-refractivity contribution is 6.34. The number of nitrogens with zero attached hydrogens (tertiary/aromatic N) is 1. The van der Waals surface area contributed by atoms with Crippen molar-refractivity contribution in [3.05, 3.63) is 45.5 Å². The summed E-state index contributed by atoms with van der Waals surface area (Å²) in [5, 5.41) is 16.3. The number of hydrogen-bond donors (Lipinski definition) is 2. The molecular formula is C27H44Cl2N2O. The van der Waals surface area contributed by atoms with Crippen molar-refractivity contribution >= 4 is 23.2 Å². The van der Waals surface area contributed by atoms with Crippen LogP contribution in [0.2, 0.25) is 0 Å². The van der Waals surface area contributed by atoms with Gasteiger partial charge in [-0.25, -0.2) is 0 Å². The zero-order valence-corrected chi connectivity index (χ0v) is 22.8. The molecule has 0 aromatic heterocycles. The topological polar surface area (TPSA) is 35.5 Å². The maximum atomic E-state index is 11.1. The minimum absolute atomic E-state index is 0.00831. The number of hydrogen-bond acceptors (Lipinski definition) is 3. The van der Waals surface area contributed by atoms with Crippen molar-refractivity contribution in [2.24, 2.45) is 22.7 Å². The molecule has 0 saturated heterocycles. The van der Waals surface area contributed by atoms with Gasteiger partial charge in [0, 0.05) is 48.2 Å². The Morgan fingerprint density at radius 2 is 1.75 bits per heavy atom.